The lowest BCUT2D eigenvalue weighted by Crippen LogP contribution is -2.18. The fourth-order valence-electron chi connectivity index (χ4n) is 5.57. The summed E-state index contributed by atoms with van der Waals surface area (Å²) in [7, 11) is 0. The first kappa shape index (κ1) is 44.6. The highest BCUT2D eigenvalue weighted by atomic mass is 19.1. The van der Waals surface area contributed by atoms with E-state index < -0.39 is 29.5 Å². The molecule has 0 aromatic heterocycles. The maximum absolute atomic E-state index is 14.3. The van der Waals surface area contributed by atoms with Crippen LogP contribution in [-0.4, -0.2) is 61.4 Å². The van der Waals surface area contributed by atoms with Gasteiger partial charge in [0.1, 0.15) is 35.6 Å². The number of nitrogens with one attached hydrogen (secondary N) is 2. The number of carbonyl (C=O) groups excluding carboxylic acids is 4. The number of aliphatic hydroxyl groups excluding tert-OH is 1. The monoisotopic (exact) mass is 834 g/mol. The first-order chi connectivity index (χ1) is 29.4. The van der Waals surface area contributed by atoms with Crippen LogP contribution in [0.4, 0.5) is 24.5 Å². The van der Waals surface area contributed by atoms with Gasteiger partial charge in [0.15, 0.2) is 13.2 Å². The minimum absolute atomic E-state index is 0.126. The smallest absolute Gasteiger partial charge is 0.344 e. The van der Waals surface area contributed by atoms with E-state index in [1.54, 1.807) is 92.7 Å². The summed E-state index contributed by atoms with van der Waals surface area (Å²) in [4.78, 5) is 48.3. The molecule has 3 N–H and O–H groups in total. The Kier molecular flexibility index (Phi) is 16.2. The zero-order valence-electron chi connectivity index (χ0n) is 33.0. The molecule has 0 heterocycles. The zero-order valence-corrected chi connectivity index (χ0v) is 33.0. The van der Waals surface area contributed by atoms with E-state index in [-0.39, 0.29) is 55.6 Å². The predicted molar refractivity (Wildman–Crippen MR) is 223 cm³/mol. The van der Waals surface area contributed by atoms with Gasteiger partial charge in [-0.15, -0.1) is 0 Å². The number of hydrogen-bond donors (Lipinski definition) is 3. The molecular weight excluding hydrogens is 794 g/mol. The summed E-state index contributed by atoms with van der Waals surface area (Å²) in [6.07, 6.45) is -0.213. The third kappa shape index (κ3) is 14.1. The van der Waals surface area contributed by atoms with Crippen molar-refractivity contribution in [3.8, 4) is 33.8 Å². The van der Waals surface area contributed by atoms with E-state index in [4.69, 9.17) is 19.3 Å². The van der Waals surface area contributed by atoms with E-state index in [1.807, 2.05) is 6.07 Å². The van der Waals surface area contributed by atoms with Gasteiger partial charge in [0.25, 0.3) is 11.8 Å². The van der Waals surface area contributed by atoms with E-state index >= 15 is 0 Å². The minimum atomic E-state index is -0.725. The van der Waals surface area contributed by atoms with Gasteiger partial charge in [-0.05, 0) is 109 Å². The predicted octanol–water partition coefficient (Wildman–Crippen LogP) is 8.87. The van der Waals surface area contributed by atoms with Gasteiger partial charge in [0, 0.05) is 29.1 Å². The molecule has 0 aliphatic carbocycles. The first-order valence-electron chi connectivity index (χ1n) is 18.8. The van der Waals surface area contributed by atoms with Gasteiger partial charge in [0.2, 0.25) is 0 Å². The Labute approximate surface area is 349 Å². The van der Waals surface area contributed by atoms with Crippen molar-refractivity contribution in [3.63, 3.8) is 0 Å². The van der Waals surface area contributed by atoms with Gasteiger partial charge < -0.3 is 34.7 Å². The van der Waals surface area contributed by atoms with Crippen LogP contribution in [0.25, 0.3) is 22.3 Å². The standard InChI is InChI=1S/C24H22FNO4.C23H19F2NO5/c1-16(2)30-23(27)15-29-22-11-5-10-21(14-22)26-24(28)19-8-3-6-17(12-19)18-7-4-9-20(25)13-18;24-17-4-1-3-15(11-17)16-7-8-21(25)20(12-16)23(29)26-18-5-2-6-19(13-18)31-14-22(28)30-10-9-27/h3-14,16H,15H2,1-2H3,(H,26,28);1-8,11-13,27H,9-10,14H2,(H,26,29). The number of halogens is 3. The van der Waals surface area contributed by atoms with Crippen LogP contribution in [0, 0.1) is 17.5 Å². The summed E-state index contributed by atoms with van der Waals surface area (Å²) in [5.74, 6) is -2.92. The second-order valence-electron chi connectivity index (χ2n) is 13.3. The molecular formula is C47H41F3N2O9. The molecule has 0 spiro atoms. The minimum Gasteiger partial charge on any atom is -0.482 e. The van der Waals surface area contributed by atoms with Crippen LogP contribution in [0.1, 0.15) is 34.6 Å². The molecule has 314 valence electrons. The first-order valence-corrected chi connectivity index (χ1v) is 18.8. The van der Waals surface area contributed by atoms with Crippen LogP contribution in [0.15, 0.2) is 140 Å². The summed E-state index contributed by atoms with van der Waals surface area (Å²) >= 11 is 0. The number of aliphatic hydroxyl groups is 1. The molecule has 61 heavy (non-hydrogen) atoms. The lowest BCUT2D eigenvalue weighted by molar-refractivity contribution is -0.150. The number of anilines is 2. The van der Waals surface area contributed by atoms with E-state index in [0.29, 0.717) is 39.4 Å². The molecule has 0 aliphatic heterocycles. The van der Waals surface area contributed by atoms with Crippen molar-refractivity contribution in [2.24, 2.45) is 0 Å². The molecule has 11 nitrogen and oxygen atoms in total. The molecule has 0 saturated heterocycles. The van der Waals surface area contributed by atoms with E-state index in [0.717, 1.165) is 11.6 Å². The van der Waals surface area contributed by atoms with E-state index in [2.05, 4.69) is 15.4 Å². The molecule has 14 heteroatoms. The van der Waals surface area contributed by atoms with Crippen molar-refractivity contribution in [2.75, 3.05) is 37.1 Å². The number of ether oxygens (including phenoxy) is 4. The third-order valence-electron chi connectivity index (χ3n) is 8.27. The summed E-state index contributed by atoms with van der Waals surface area (Å²) < 4.78 is 61.7. The number of benzene rings is 6. The van der Waals surface area contributed by atoms with Gasteiger partial charge in [-0.3, -0.25) is 9.59 Å². The van der Waals surface area contributed by atoms with Crippen LogP contribution in [0.3, 0.4) is 0 Å². The zero-order chi connectivity index (χ0) is 43.7. The Morgan fingerprint density at radius 3 is 1.64 bits per heavy atom. The summed E-state index contributed by atoms with van der Waals surface area (Å²) in [6.45, 7) is 2.52. The Morgan fingerprint density at radius 1 is 0.574 bits per heavy atom. The fourth-order valence-corrected chi connectivity index (χ4v) is 5.57. The lowest BCUT2D eigenvalue weighted by atomic mass is 10.0. The normalized spacial score (nSPS) is 10.5. The van der Waals surface area contributed by atoms with E-state index in [9.17, 15) is 32.3 Å². The SMILES string of the molecule is CC(C)OC(=O)COc1cccc(NC(=O)c2cccc(-c3cccc(F)c3)c2)c1.O=C(COc1cccc(NC(=O)c2cc(-c3cccc(F)c3)ccc2F)c1)OCCO. The molecule has 6 aromatic carbocycles. The van der Waals surface area contributed by atoms with Gasteiger partial charge in [-0.1, -0.05) is 54.6 Å². The van der Waals surface area contributed by atoms with Gasteiger partial charge in [0.05, 0.1) is 18.3 Å². The molecule has 2 amide bonds. The van der Waals surface area contributed by atoms with Crippen molar-refractivity contribution in [3.05, 3.63) is 168 Å². The van der Waals surface area contributed by atoms with E-state index in [1.165, 1.54) is 48.5 Å². The molecule has 6 rings (SSSR count). The van der Waals surface area contributed by atoms with Crippen molar-refractivity contribution >= 4 is 35.1 Å². The van der Waals surface area contributed by atoms with Crippen molar-refractivity contribution in [1.29, 1.82) is 0 Å². The maximum atomic E-state index is 14.3. The Morgan fingerprint density at radius 2 is 1.08 bits per heavy atom. The molecule has 0 fully saturated rings. The molecule has 0 bridgehead atoms. The van der Waals surface area contributed by atoms with Crippen LogP contribution in [0.5, 0.6) is 11.5 Å². The number of amides is 2. The second kappa shape index (κ2) is 22.1. The quantitative estimate of drug-likeness (QED) is 0.0863. The molecule has 0 atom stereocenters. The van der Waals surface area contributed by atoms with Crippen LogP contribution in [-0.2, 0) is 19.1 Å². The topological polar surface area (TPSA) is 149 Å². The highest BCUT2D eigenvalue weighted by molar-refractivity contribution is 6.06. The molecule has 0 saturated carbocycles. The van der Waals surface area contributed by atoms with Crippen molar-refractivity contribution in [1.82, 2.24) is 0 Å². The molecule has 0 unspecified atom stereocenters. The average Bonchev–Trinajstić information content (AvgIpc) is 3.24. The fraction of sp³-hybridized carbons (Fsp3) is 0.149. The maximum Gasteiger partial charge on any atom is 0.344 e. The van der Waals surface area contributed by atoms with Gasteiger partial charge in [-0.2, -0.15) is 0 Å². The van der Waals surface area contributed by atoms with Gasteiger partial charge >= 0.3 is 11.9 Å². The summed E-state index contributed by atoms with van der Waals surface area (Å²) in [5, 5.41) is 14.0. The molecule has 0 radical (unpaired) electrons. The lowest BCUT2D eigenvalue weighted by Gasteiger charge is -2.11. The Balaban J connectivity index is 0.000000231. The number of esters is 2. The van der Waals surface area contributed by atoms with Crippen molar-refractivity contribution < 1.29 is 56.4 Å². The third-order valence-corrected chi connectivity index (χ3v) is 8.27. The molecule has 0 aliphatic rings. The number of rotatable bonds is 15. The summed E-state index contributed by atoms with van der Waals surface area (Å²) in [6, 6.07) is 35.8. The van der Waals surface area contributed by atoms with Gasteiger partial charge in [-0.25, -0.2) is 22.8 Å². The van der Waals surface area contributed by atoms with Crippen LogP contribution >= 0.6 is 0 Å². The average molecular weight is 835 g/mol. The Bertz CT molecular complexity index is 2480. The van der Waals surface area contributed by atoms with Crippen LogP contribution in [0.2, 0.25) is 0 Å². The Hall–Kier alpha value is -7.45. The molecule has 6 aromatic rings. The number of hydrogen-bond acceptors (Lipinski definition) is 9. The highest BCUT2D eigenvalue weighted by Gasteiger charge is 2.15. The van der Waals surface area contributed by atoms with Crippen molar-refractivity contribution in [2.45, 2.75) is 20.0 Å². The number of carbonyl (C=O) groups is 4. The van der Waals surface area contributed by atoms with Crippen LogP contribution < -0.4 is 20.1 Å². The second-order valence-corrected chi connectivity index (χ2v) is 13.3. The highest BCUT2D eigenvalue weighted by Crippen LogP contribution is 2.26. The largest absolute Gasteiger partial charge is 0.482 e. The summed E-state index contributed by atoms with van der Waals surface area (Å²) in [5.41, 5.74) is 3.50.